The fourth-order valence-corrected chi connectivity index (χ4v) is 2.35. The Balaban J connectivity index is 2.22. The van der Waals surface area contributed by atoms with Crippen LogP contribution in [0, 0.1) is 13.8 Å². The normalized spacial score (nSPS) is 10.9. The average Bonchev–Trinajstić information content (AvgIpc) is 2.81. The smallest absolute Gasteiger partial charge is 0.336 e. The molecule has 1 heterocycles. The summed E-state index contributed by atoms with van der Waals surface area (Å²) < 4.78 is 5.78. The summed E-state index contributed by atoms with van der Waals surface area (Å²) in [5.41, 5.74) is 3.70. The maximum absolute atomic E-state index is 11.4. The maximum atomic E-state index is 11.4. The van der Waals surface area contributed by atoms with Crippen LogP contribution >= 0.6 is 0 Å². The molecule has 0 atom stereocenters. The predicted octanol–water partition coefficient (Wildman–Crippen LogP) is 4.41. The zero-order chi connectivity index (χ0) is 14.3. The first kappa shape index (κ1) is 12.5. The number of benzene rings is 2. The first-order valence-corrected chi connectivity index (χ1v) is 6.39. The van der Waals surface area contributed by atoms with Crippen molar-refractivity contribution in [2.75, 3.05) is 0 Å². The number of rotatable bonds is 2. The van der Waals surface area contributed by atoms with Gasteiger partial charge in [0.1, 0.15) is 11.3 Å². The van der Waals surface area contributed by atoms with Gasteiger partial charge in [-0.05, 0) is 38.1 Å². The monoisotopic (exact) mass is 266 g/mol. The van der Waals surface area contributed by atoms with E-state index in [-0.39, 0.29) is 5.56 Å². The molecule has 100 valence electrons. The van der Waals surface area contributed by atoms with E-state index in [1.807, 2.05) is 44.2 Å². The zero-order valence-corrected chi connectivity index (χ0v) is 11.3. The van der Waals surface area contributed by atoms with Crippen molar-refractivity contribution in [3.8, 4) is 11.3 Å². The summed E-state index contributed by atoms with van der Waals surface area (Å²) in [5.74, 6) is -0.358. The van der Waals surface area contributed by atoms with E-state index in [0.717, 1.165) is 22.1 Å². The Morgan fingerprint density at radius 2 is 1.70 bits per heavy atom. The molecule has 0 aliphatic rings. The molecule has 0 saturated heterocycles. The van der Waals surface area contributed by atoms with Crippen molar-refractivity contribution in [3.63, 3.8) is 0 Å². The fourth-order valence-electron chi connectivity index (χ4n) is 2.35. The molecule has 0 aliphatic heterocycles. The first-order chi connectivity index (χ1) is 9.54. The molecule has 0 unspecified atom stereocenters. The van der Waals surface area contributed by atoms with Gasteiger partial charge >= 0.3 is 5.97 Å². The largest absolute Gasteiger partial charge is 0.478 e. The molecular formula is C17H14O3. The third kappa shape index (κ3) is 2.07. The number of carboxylic acid groups (broad SMARTS) is 1. The minimum Gasteiger partial charge on any atom is -0.478 e. The van der Waals surface area contributed by atoms with Gasteiger partial charge in [0.15, 0.2) is 0 Å². The topological polar surface area (TPSA) is 50.4 Å². The van der Waals surface area contributed by atoms with Crippen molar-refractivity contribution in [2.45, 2.75) is 13.8 Å². The molecule has 0 spiro atoms. The van der Waals surface area contributed by atoms with E-state index < -0.39 is 5.97 Å². The standard InChI is InChI=1S/C17H14O3/c1-10-4-6-15-12(7-10)9-16(20-15)13-5-3-11(2)8-14(13)17(18)19/h3-9H,1-2H3,(H,18,19). The Morgan fingerprint density at radius 1 is 1.00 bits per heavy atom. The number of hydrogen-bond donors (Lipinski definition) is 1. The molecule has 3 rings (SSSR count). The summed E-state index contributed by atoms with van der Waals surface area (Å²) in [5, 5.41) is 10.3. The van der Waals surface area contributed by atoms with Gasteiger partial charge in [0.05, 0.1) is 5.56 Å². The number of carbonyl (C=O) groups is 1. The molecule has 1 aromatic heterocycles. The highest BCUT2D eigenvalue weighted by molar-refractivity contribution is 5.97. The second-order valence-corrected chi connectivity index (χ2v) is 5.01. The van der Waals surface area contributed by atoms with Crippen LogP contribution in [0.1, 0.15) is 21.5 Å². The number of furan rings is 1. The second-order valence-electron chi connectivity index (χ2n) is 5.01. The van der Waals surface area contributed by atoms with E-state index in [1.165, 1.54) is 0 Å². The number of hydrogen-bond acceptors (Lipinski definition) is 2. The molecular weight excluding hydrogens is 252 g/mol. The van der Waals surface area contributed by atoms with Crippen molar-refractivity contribution in [1.29, 1.82) is 0 Å². The summed E-state index contributed by atoms with van der Waals surface area (Å²) in [4.78, 5) is 11.4. The van der Waals surface area contributed by atoms with Crippen LogP contribution in [0.5, 0.6) is 0 Å². The fraction of sp³-hybridized carbons (Fsp3) is 0.118. The summed E-state index contributed by atoms with van der Waals surface area (Å²) in [7, 11) is 0. The summed E-state index contributed by atoms with van der Waals surface area (Å²) >= 11 is 0. The summed E-state index contributed by atoms with van der Waals surface area (Å²) in [6.45, 7) is 3.89. The highest BCUT2D eigenvalue weighted by atomic mass is 16.4. The van der Waals surface area contributed by atoms with Crippen LogP contribution in [0.3, 0.4) is 0 Å². The van der Waals surface area contributed by atoms with E-state index in [2.05, 4.69) is 0 Å². The molecule has 0 saturated carbocycles. The molecule has 0 fully saturated rings. The van der Waals surface area contributed by atoms with Crippen molar-refractivity contribution < 1.29 is 14.3 Å². The Bertz CT molecular complexity index is 812. The van der Waals surface area contributed by atoms with E-state index in [9.17, 15) is 9.90 Å². The highest BCUT2D eigenvalue weighted by Crippen LogP contribution is 2.31. The van der Waals surface area contributed by atoms with Crippen molar-refractivity contribution in [3.05, 3.63) is 59.2 Å². The molecule has 0 amide bonds. The van der Waals surface area contributed by atoms with Gasteiger partial charge in [-0.15, -0.1) is 0 Å². The van der Waals surface area contributed by atoms with Crippen LogP contribution < -0.4 is 0 Å². The van der Waals surface area contributed by atoms with Crippen LogP contribution in [-0.4, -0.2) is 11.1 Å². The lowest BCUT2D eigenvalue weighted by atomic mass is 10.0. The molecule has 0 bridgehead atoms. The van der Waals surface area contributed by atoms with Crippen LogP contribution in [0.25, 0.3) is 22.3 Å². The Labute approximate surface area is 116 Å². The minimum atomic E-state index is -0.944. The van der Waals surface area contributed by atoms with Gasteiger partial charge in [-0.25, -0.2) is 4.79 Å². The van der Waals surface area contributed by atoms with Gasteiger partial charge in [0.2, 0.25) is 0 Å². The van der Waals surface area contributed by atoms with Crippen molar-refractivity contribution >= 4 is 16.9 Å². The third-order valence-electron chi connectivity index (χ3n) is 3.34. The number of carboxylic acids is 1. The number of aromatic carboxylic acids is 1. The molecule has 0 aliphatic carbocycles. The van der Waals surface area contributed by atoms with Gasteiger partial charge in [-0.2, -0.15) is 0 Å². The molecule has 0 radical (unpaired) electrons. The minimum absolute atomic E-state index is 0.265. The molecule has 3 aromatic rings. The van der Waals surface area contributed by atoms with Gasteiger partial charge in [-0.3, -0.25) is 0 Å². The van der Waals surface area contributed by atoms with E-state index >= 15 is 0 Å². The average molecular weight is 266 g/mol. The molecule has 3 heteroatoms. The Hall–Kier alpha value is -2.55. The predicted molar refractivity (Wildman–Crippen MR) is 78.1 cm³/mol. The zero-order valence-electron chi connectivity index (χ0n) is 11.3. The Morgan fingerprint density at radius 3 is 2.45 bits per heavy atom. The number of fused-ring (bicyclic) bond motifs is 1. The van der Waals surface area contributed by atoms with Gasteiger partial charge < -0.3 is 9.52 Å². The second kappa shape index (κ2) is 4.53. The van der Waals surface area contributed by atoms with E-state index in [1.54, 1.807) is 12.1 Å². The summed E-state index contributed by atoms with van der Waals surface area (Å²) in [6, 6.07) is 13.1. The SMILES string of the molecule is Cc1ccc(-c2cc3cc(C)ccc3o2)c(C(=O)O)c1. The molecule has 20 heavy (non-hydrogen) atoms. The quantitative estimate of drug-likeness (QED) is 0.747. The molecule has 1 N–H and O–H groups in total. The maximum Gasteiger partial charge on any atom is 0.336 e. The van der Waals surface area contributed by atoms with Gasteiger partial charge in [-0.1, -0.05) is 29.3 Å². The Kier molecular flexibility index (Phi) is 2.83. The van der Waals surface area contributed by atoms with Crippen LogP contribution in [0.15, 0.2) is 46.9 Å². The lowest BCUT2D eigenvalue weighted by molar-refractivity contribution is 0.0697. The van der Waals surface area contributed by atoms with Gasteiger partial charge in [0, 0.05) is 10.9 Å². The number of aryl methyl sites for hydroxylation is 2. The van der Waals surface area contributed by atoms with Crippen molar-refractivity contribution in [2.24, 2.45) is 0 Å². The van der Waals surface area contributed by atoms with Crippen LogP contribution in [0.2, 0.25) is 0 Å². The lowest BCUT2D eigenvalue weighted by Gasteiger charge is -2.04. The van der Waals surface area contributed by atoms with E-state index in [0.29, 0.717) is 11.3 Å². The van der Waals surface area contributed by atoms with E-state index in [4.69, 9.17) is 4.42 Å². The summed E-state index contributed by atoms with van der Waals surface area (Å²) in [6.07, 6.45) is 0. The van der Waals surface area contributed by atoms with Crippen molar-refractivity contribution in [1.82, 2.24) is 0 Å². The van der Waals surface area contributed by atoms with Crippen LogP contribution in [-0.2, 0) is 0 Å². The lowest BCUT2D eigenvalue weighted by Crippen LogP contribution is -1.99. The first-order valence-electron chi connectivity index (χ1n) is 6.39. The third-order valence-corrected chi connectivity index (χ3v) is 3.34. The molecule has 2 aromatic carbocycles. The highest BCUT2D eigenvalue weighted by Gasteiger charge is 2.15. The van der Waals surface area contributed by atoms with Gasteiger partial charge in [0.25, 0.3) is 0 Å². The van der Waals surface area contributed by atoms with Crippen LogP contribution in [0.4, 0.5) is 0 Å². The molecule has 3 nitrogen and oxygen atoms in total.